The first-order chi connectivity index (χ1) is 16.3. The van der Waals surface area contributed by atoms with Crippen LogP contribution in [0.15, 0.2) is 71.7 Å². The van der Waals surface area contributed by atoms with Crippen LogP contribution in [0.25, 0.3) is 0 Å². The summed E-state index contributed by atoms with van der Waals surface area (Å²) in [6, 6.07) is 18.3. The lowest BCUT2D eigenvalue weighted by molar-refractivity contribution is -0.384. The minimum Gasteiger partial charge on any atom is -0.305 e. The molecule has 3 aromatic rings. The van der Waals surface area contributed by atoms with Gasteiger partial charge in [-0.25, -0.2) is 0 Å². The van der Waals surface area contributed by atoms with Crippen molar-refractivity contribution in [2.75, 3.05) is 4.90 Å². The van der Waals surface area contributed by atoms with Gasteiger partial charge in [-0.1, -0.05) is 73.8 Å². The molecular weight excluding hydrogens is 473 g/mol. The number of nitro groups is 1. The number of benzodiazepines with no additional fused rings is 1. The molecule has 0 bridgehead atoms. The minimum atomic E-state index is -0.652. The normalized spacial score (nSPS) is 16.5. The Morgan fingerprint density at radius 3 is 2.53 bits per heavy atom. The van der Waals surface area contributed by atoms with Crippen molar-refractivity contribution in [1.29, 1.82) is 0 Å². The summed E-state index contributed by atoms with van der Waals surface area (Å²) in [6.45, 7) is 4.17. The third-order valence-corrected chi connectivity index (χ3v) is 6.63. The maximum Gasteiger partial charge on any atom is 0.269 e. The SMILES string of the molecule is CCC(C)C1N=C(c2ccccc2Cl)c2cc(Cl)ccc2N(Cc2cccc([N+](=O)[O-])c2)C1=O. The second-order valence-electron chi connectivity index (χ2n) is 8.30. The fourth-order valence-corrected chi connectivity index (χ4v) is 4.45. The van der Waals surface area contributed by atoms with Gasteiger partial charge in [-0.3, -0.25) is 19.9 Å². The lowest BCUT2D eigenvalue weighted by Gasteiger charge is -2.27. The number of nitro benzene ring substituents is 1. The van der Waals surface area contributed by atoms with Gasteiger partial charge in [0, 0.05) is 33.3 Å². The molecule has 0 saturated heterocycles. The van der Waals surface area contributed by atoms with E-state index in [1.54, 1.807) is 41.3 Å². The number of halogens is 2. The molecule has 0 aliphatic carbocycles. The highest BCUT2D eigenvalue weighted by Gasteiger charge is 2.35. The lowest BCUT2D eigenvalue weighted by atomic mass is 9.97. The zero-order valence-corrected chi connectivity index (χ0v) is 20.3. The van der Waals surface area contributed by atoms with Crippen LogP contribution in [0.1, 0.15) is 37.0 Å². The van der Waals surface area contributed by atoms with Gasteiger partial charge in [0.15, 0.2) is 0 Å². The van der Waals surface area contributed by atoms with Crippen LogP contribution in [-0.2, 0) is 11.3 Å². The largest absolute Gasteiger partial charge is 0.305 e. The summed E-state index contributed by atoms with van der Waals surface area (Å²) in [6.07, 6.45) is 0.747. The quantitative estimate of drug-likeness (QED) is 0.282. The maximum absolute atomic E-state index is 13.9. The summed E-state index contributed by atoms with van der Waals surface area (Å²) in [7, 11) is 0. The molecule has 34 heavy (non-hydrogen) atoms. The van der Waals surface area contributed by atoms with Crippen molar-refractivity contribution in [2.45, 2.75) is 32.9 Å². The summed E-state index contributed by atoms with van der Waals surface area (Å²) < 4.78 is 0. The number of aliphatic imine (C=N–C) groups is 1. The molecule has 3 aromatic carbocycles. The lowest BCUT2D eigenvalue weighted by Crippen LogP contribution is -2.40. The molecule has 6 nitrogen and oxygen atoms in total. The minimum absolute atomic E-state index is 0.0254. The van der Waals surface area contributed by atoms with Crippen molar-refractivity contribution < 1.29 is 9.72 Å². The van der Waals surface area contributed by atoms with Crippen LogP contribution in [0, 0.1) is 16.0 Å². The van der Waals surface area contributed by atoms with Gasteiger partial charge in [0.05, 0.1) is 22.9 Å². The first kappa shape index (κ1) is 23.9. The first-order valence-corrected chi connectivity index (χ1v) is 11.7. The molecule has 0 spiro atoms. The molecule has 2 atom stereocenters. The van der Waals surface area contributed by atoms with E-state index in [2.05, 4.69) is 0 Å². The third-order valence-electron chi connectivity index (χ3n) is 6.07. The van der Waals surface area contributed by atoms with Crippen LogP contribution >= 0.6 is 23.2 Å². The number of hydrogen-bond acceptors (Lipinski definition) is 4. The van der Waals surface area contributed by atoms with Gasteiger partial charge < -0.3 is 4.90 Å². The number of non-ortho nitro benzene ring substituents is 1. The second kappa shape index (κ2) is 9.95. The van der Waals surface area contributed by atoms with E-state index in [4.69, 9.17) is 28.2 Å². The average molecular weight is 496 g/mol. The monoisotopic (exact) mass is 495 g/mol. The molecule has 4 rings (SSSR count). The molecule has 1 aliphatic heterocycles. The van der Waals surface area contributed by atoms with Crippen LogP contribution in [0.3, 0.4) is 0 Å². The van der Waals surface area contributed by atoms with Crippen molar-refractivity contribution in [3.8, 4) is 0 Å². The van der Waals surface area contributed by atoms with Crippen molar-refractivity contribution in [2.24, 2.45) is 10.9 Å². The van der Waals surface area contributed by atoms with Gasteiger partial charge >= 0.3 is 0 Å². The molecular formula is C26H23Cl2N3O3. The van der Waals surface area contributed by atoms with Gasteiger partial charge in [-0.15, -0.1) is 0 Å². The number of carbonyl (C=O) groups is 1. The number of hydrogen-bond donors (Lipinski definition) is 0. The average Bonchev–Trinajstić information content (AvgIpc) is 2.94. The van der Waals surface area contributed by atoms with Crippen LogP contribution in [-0.4, -0.2) is 22.6 Å². The molecule has 8 heteroatoms. The Kier molecular flexibility index (Phi) is 7.00. The number of anilines is 1. The zero-order chi connectivity index (χ0) is 24.4. The Balaban J connectivity index is 1.92. The molecule has 2 unspecified atom stereocenters. The summed E-state index contributed by atoms with van der Waals surface area (Å²) in [5.41, 5.74) is 3.25. The van der Waals surface area contributed by atoms with Crippen molar-refractivity contribution in [3.05, 3.63) is 104 Å². The van der Waals surface area contributed by atoms with Crippen molar-refractivity contribution >= 4 is 46.2 Å². The van der Waals surface area contributed by atoms with Gasteiger partial charge in [0.2, 0.25) is 0 Å². The predicted molar refractivity (Wildman–Crippen MR) is 136 cm³/mol. The van der Waals surface area contributed by atoms with Crippen LogP contribution in [0.4, 0.5) is 11.4 Å². The van der Waals surface area contributed by atoms with Crippen LogP contribution in [0.5, 0.6) is 0 Å². The summed E-state index contributed by atoms with van der Waals surface area (Å²) in [5.74, 6) is -0.214. The van der Waals surface area contributed by atoms with Gasteiger partial charge in [0.25, 0.3) is 11.6 Å². The molecule has 1 aliphatic rings. The number of carbonyl (C=O) groups excluding carboxylic acids is 1. The summed E-state index contributed by atoms with van der Waals surface area (Å²) in [5, 5.41) is 12.3. The van der Waals surface area contributed by atoms with Gasteiger partial charge in [-0.2, -0.15) is 0 Å². The highest BCUT2D eigenvalue weighted by molar-refractivity contribution is 6.37. The number of rotatable bonds is 6. The molecule has 1 amide bonds. The second-order valence-corrected chi connectivity index (χ2v) is 9.14. The Labute approximate surface area is 208 Å². The summed E-state index contributed by atoms with van der Waals surface area (Å²) >= 11 is 12.9. The van der Waals surface area contributed by atoms with Crippen LogP contribution in [0.2, 0.25) is 10.0 Å². The van der Waals surface area contributed by atoms with Gasteiger partial charge in [-0.05, 0) is 35.7 Å². The van der Waals surface area contributed by atoms with E-state index < -0.39 is 11.0 Å². The smallest absolute Gasteiger partial charge is 0.269 e. The Morgan fingerprint density at radius 1 is 1.06 bits per heavy atom. The molecule has 174 valence electrons. The van der Waals surface area contributed by atoms with Crippen molar-refractivity contribution in [3.63, 3.8) is 0 Å². The predicted octanol–water partition coefficient (Wildman–Crippen LogP) is 6.70. The molecule has 0 saturated carbocycles. The van der Waals surface area contributed by atoms with E-state index in [0.29, 0.717) is 38.1 Å². The fraction of sp³-hybridized carbons (Fsp3) is 0.231. The number of fused-ring (bicyclic) bond motifs is 1. The number of benzene rings is 3. The topological polar surface area (TPSA) is 75.8 Å². The Hall–Kier alpha value is -3.22. The fourth-order valence-electron chi connectivity index (χ4n) is 4.05. The van der Waals surface area contributed by atoms with E-state index in [1.165, 1.54) is 12.1 Å². The van der Waals surface area contributed by atoms with E-state index in [9.17, 15) is 14.9 Å². The maximum atomic E-state index is 13.9. The third kappa shape index (κ3) is 4.69. The number of amides is 1. The van der Waals surface area contributed by atoms with E-state index in [-0.39, 0.29) is 24.1 Å². The van der Waals surface area contributed by atoms with E-state index in [0.717, 1.165) is 6.42 Å². The first-order valence-electron chi connectivity index (χ1n) is 11.0. The van der Waals surface area contributed by atoms with Gasteiger partial charge in [0.1, 0.15) is 6.04 Å². The standard InChI is InChI=1S/C26H23Cl2N3O3/c1-3-16(2)24-26(32)30(15-17-7-6-8-19(13-17)31(33)34)23-12-11-18(27)14-21(23)25(29-24)20-9-4-5-10-22(20)28/h4-14,16,24H,3,15H2,1-2H3. The van der Waals surface area contributed by atoms with Crippen LogP contribution < -0.4 is 4.90 Å². The van der Waals surface area contributed by atoms with E-state index >= 15 is 0 Å². The molecule has 0 fully saturated rings. The molecule has 0 N–H and O–H groups in total. The zero-order valence-electron chi connectivity index (χ0n) is 18.7. The Morgan fingerprint density at radius 2 is 1.82 bits per heavy atom. The Bertz CT molecular complexity index is 1290. The highest BCUT2D eigenvalue weighted by atomic mass is 35.5. The summed E-state index contributed by atoms with van der Waals surface area (Å²) in [4.78, 5) is 31.3. The molecule has 1 heterocycles. The molecule has 0 aromatic heterocycles. The number of nitrogens with zero attached hydrogens (tertiary/aromatic N) is 3. The molecule has 0 radical (unpaired) electrons. The van der Waals surface area contributed by atoms with Crippen molar-refractivity contribution in [1.82, 2.24) is 0 Å². The highest BCUT2D eigenvalue weighted by Crippen LogP contribution is 2.35. The van der Waals surface area contributed by atoms with E-state index in [1.807, 2.05) is 32.0 Å².